The molecule has 17 aromatic rings. The molecule has 0 unspecified atom stereocenters. The molecule has 7 heteroatoms. The van der Waals surface area contributed by atoms with Crippen molar-refractivity contribution >= 4 is 158 Å². The average molecular weight is 1270 g/mol. The molecule has 4 heterocycles. The summed E-state index contributed by atoms with van der Waals surface area (Å²) in [7, 11) is -6.15. The van der Waals surface area contributed by atoms with Gasteiger partial charge in [0.25, 0.3) is 6.71 Å². The third kappa shape index (κ3) is 8.48. The lowest BCUT2D eigenvalue weighted by molar-refractivity contribution is 1.17. The molecule has 2 aliphatic heterocycles. The van der Waals surface area contributed by atoms with Gasteiger partial charge in [-0.1, -0.05) is 309 Å². The van der Waals surface area contributed by atoms with E-state index in [1.54, 1.807) is 0 Å². The van der Waals surface area contributed by atoms with Gasteiger partial charge in [0.1, 0.15) is 0 Å². The third-order valence-corrected chi connectivity index (χ3v) is 30.6. The number of fused-ring (bicyclic) bond motifs is 10. The van der Waals surface area contributed by atoms with E-state index in [1.807, 2.05) is 0 Å². The highest BCUT2D eigenvalue weighted by Gasteiger charge is 2.47. The first-order valence-electron chi connectivity index (χ1n) is 33.7. The first kappa shape index (κ1) is 56.5. The zero-order chi connectivity index (χ0) is 64.0. The molecule has 0 aliphatic carbocycles. The Morgan fingerprint density at radius 2 is 0.505 bits per heavy atom. The Labute approximate surface area is 567 Å². The van der Waals surface area contributed by atoms with E-state index in [2.05, 4.69) is 401 Å². The summed E-state index contributed by atoms with van der Waals surface area (Å²) in [5.74, 6) is 0. The van der Waals surface area contributed by atoms with Gasteiger partial charge in [0.15, 0.2) is 16.1 Å². The summed E-state index contributed by atoms with van der Waals surface area (Å²) in [5.41, 5.74) is 17.6. The Bertz CT molecular complexity index is 5280. The van der Waals surface area contributed by atoms with Gasteiger partial charge < -0.3 is 18.9 Å². The minimum atomic E-state index is -3.07. The van der Waals surface area contributed by atoms with Crippen molar-refractivity contribution in [2.24, 2.45) is 0 Å². The summed E-state index contributed by atoms with van der Waals surface area (Å²) in [6.07, 6.45) is 0. The quantitative estimate of drug-likeness (QED) is 0.0895. The van der Waals surface area contributed by atoms with E-state index in [4.69, 9.17) is 0 Å². The lowest BCUT2D eigenvalue weighted by Gasteiger charge is -2.44. The van der Waals surface area contributed by atoms with Crippen LogP contribution in [0, 0.1) is 0 Å². The van der Waals surface area contributed by atoms with E-state index < -0.39 is 16.1 Å². The highest BCUT2D eigenvalue weighted by Crippen LogP contribution is 2.46. The van der Waals surface area contributed by atoms with Crippen LogP contribution in [0.2, 0.25) is 0 Å². The fourth-order valence-corrected chi connectivity index (χ4v) is 27.1. The molecule has 454 valence electrons. The van der Waals surface area contributed by atoms with Crippen LogP contribution in [-0.2, 0) is 0 Å². The molecule has 2 aliphatic rings. The molecular formula is C90H63BN4Si2. The number of hydrogen-bond donors (Lipinski definition) is 0. The minimum Gasteiger partial charge on any atom is -0.311 e. The lowest BCUT2D eigenvalue weighted by Crippen LogP contribution is -2.75. The van der Waals surface area contributed by atoms with E-state index in [0.717, 1.165) is 45.5 Å². The Morgan fingerprint density at radius 1 is 0.216 bits per heavy atom. The second-order valence-electron chi connectivity index (χ2n) is 25.8. The van der Waals surface area contributed by atoms with Gasteiger partial charge in [0, 0.05) is 67.0 Å². The lowest BCUT2D eigenvalue weighted by atomic mass is 9.33. The van der Waals surface area contributed by atoms with Crippen molar-refractivity contribution in [3.63, 3.8) is 0 Å². The number of rotatable bonds is 12. The van der Waals surface area contributed by atoms with Crippen LogP contribution in [-0.4, -0.2) is 32.0 Å². The zero-order valence-electron chi connectivity index (χ0n) is 53.2. The fourth-order valence-electron chi connectivity index (χ4n) is 17.1. The van der Waals surface area contributed by atoms with Gasteiger partial charge in [-0.05, 0) is 131 Å². The molecule has 0 radical (unpaired) electrons. The van der Waals surface area contributed by atoms with Crippen LogP contribution in [0.3, 0.4) is 0 Å². The predicted molar refractivity (Wildman–Crippen MR) is 416 cm³/mol. The van der Waals surface area contributed by atoms with Gasteiger partial charge in [-0.15, -0.1) is 0 Å². The maximum Gasteiger partial charge on any atom is 0.252 e. The van der Waals surface area contributed by atoms with E-state index in [0.29, 0.717) is 0 Å². The van der Waals surface area contributed by atoms with Gasteiger partial charge >= 0.3 is 0 Å². The molecule has 15 aromatic carbocycles. The van der Waals surface area contributed by atoms with Crippen LogP contribution in [0.15, 0.2) is 382 Å². The first-order chi connectivity index (χ1) is 48.2. The summed E-state index contributed by atoms with van der Waals surface area (Å²) in [6, 6.07) is 144. The number of hydrogen-bond acceptors (Lipinski definition) is 2. The summed E-state index contributed by atoms with van der Waals surface area (Å²) in [4.78, 5) is 5.09. The first-order valence-corrected chi connectivity index (χ1v) is 37.7. The molecule has 0 fully saturated rings. The molecule has 0 saturated heterocycles. The van der Waals surface area contributed by atoms with Gasteiger partial charge in [-0.2, -0.15) is 0 Å². The Balaban J connectivity index is 0.879. The maximum atomic E-state index is 2.61. The van der Waals surface area contributed by atoms with Crippen molar-refractivity contribution in [1.29, 1.82) is 0 Å². The number of benzene rings is 15. The summed E-state index contributed by atoms with van der Waals surface area (Å²) < 4.78 is 5.21. The molecule has 0 atom stereocenters. The van der Waals surface area contributed by atoms with Gasteiger partial charge in [0.2, 0.25) is 0 Å². The Kier molecular flexibility index (Phi) is 13.3. The van der Waals surface area contributed by atoms with E-state index >= 15 is 0 Å². The summed E-state index contributed by atoms with van der Waals surface area (Å²) in [6.45, 7) is -0.134. The SMILES string of the molecule is c1ccc(N2c3cc(-n4c5ccccc5c5cccc([Si](c6ccccc6)(c6ccccc6)c6ccccc6)c54)ccc3B3c4ccc(-n5c6ccccc6c6cccc([Si](c7ccccc7)(c7ccccc7)c7ccccc7)c65)cc4N(c4ccccc4)c4cccc2c43)cc1. The molecule has 0 spiro atoms. The molecule has 2 aromatic heterocycles. The van der Waals surface area contributed by atoms with Crippen molar-refractivity contribution in [2.75, 3.05) is 9.80 Å². The predicted octanol–water partition coefficient (Wildman–Crippen LogP) is 14.7. The highest BCUT2D eigenvalue weighted by atomic mass is 28.3. The van der Waals surface area contributed by atoms with Crippen molar-refractivity contribution < 1.29 is 0 Å². The van der Waals surface area contributed by atoms with Crippen LogP contribution in [0.4, 0.5) is 34.1 Å². The summed E-state index contributed by atoms with van der Waals surface area (Å²) >= 11 is 0. The number of aromatic nitrogens is 2. The molecule has 19 rings (SSSR count). The fraction of sp³-hybridized carbons (Fsp3) is 0. The summed E-state index contributed by atoms with van der Waals surface area (Å²) in [5, 5.41) is 15.7. The molecule has 97 heavy (non-hydrogen) atoms. The van der Waals surface area contributed by atoms with Crippen molar-refractivity contribution in [1.82, 2.24) is 9.13 Å². The van der Waals surface area contributed by atoms with Crippen molar-refractivity contribution in [3.8, 4) is 11.4 Å². The van der Waals surface area contributed by atoms with Crippen LogP contribution < -0.4 is 67.7 Å². The molecule has 4 nitrogen and oxygen atoms in total. The average Bonchev–Trinajstić information content (AvgIpc) is 1.70. The van der Waals surface area contributed by atoms with Crippen LogP contribution in [0.25, 0.3) is 55.0 Å². The Morgan fingerprint density at radius 3 is 0.845 bits per heavy atom. The van der Waals surface area contributed by atoms with Gasteiger partial charge in [0.05, 0.1) is 22.1 Å². The molecule has 0 amide bonds. The second kappa shape index (κ2) is 22.9. The van der Waals surface area contributed by atoms with Crippen LogP contribution in [0.1, 0.15) is 0 Å². The topological polar surface area (TPSA) is 16.3 Å². The number of para-hydroxylation sites is 6. The maximum absolute atomic E-state index is 3.07. The monoisotopic (exact) mass is 1270 g/mol. The van der Waals surface area contributed by atoms with Crippen molar-refractivity contribution in [2.45, 2.75) is 0 Å². The number of anilines is 6. The smallest absolute Gasteiger partial charge is 0.252 e. The van der Waals surface area contributed by atoms with Crippen molar-refractivity contribution in [3.05, 3.63) is 382 Å². The largest absolute Gasteiger partial charge is 0.311 e. The van der Waals surface area contributed by atoms with E-state index in [-0.39, 0.29) is 6.71 Å². The Hall–Kier alpha value is -12.0. The highest BCUT2D eigenvalue weighted by molar-refractivity contribution is 7.21. The minimum absolute atomic E-state index is 0.134. The molecule has 0 saturated carbocycles. The van der Waals surface area contributed by atoms with Crippen LogP contribution >= 0.6 is 0 Å². The van der Waals surface area contributed by atoms with E-state index in [9.17, 15) is 0 Å². The third-order valence-electron chi connectivity index (χ3n) is 20.9. The van der Waals surface area contributed by atoms with Gasteiger partial charge in [-0.3, -0.25) is 0 Å². The molecule has 0 N–H and O–H groups in total. The van der Waals surface area contributed by atoms with Crippen LogP contribution in [0.5, 0.6) is 0 Å². The van der Waals surface area contributed by atoms with E-state index in [1.165, 1.54) is 101 Å². The normalized spacial score (nSPS) is 12.7. The standard InChI is InChI=1S/C90H63BN4Si2/c1-9-32-64(33-10-1)92-82-54-31-55-83-88(82)91(78-60-58-66(62-84(78)92)94-80-52-27-25-48-74(80)76-50-29-56-86(89(76)94)96(68-36-13-3-14-37-68,69-38-15-4-16-39-69)70-40-17-5-18-41-70)79-61-59-67(63-85(79)93(83)65-34-11-2-12-35-65)95-81-53-28-26-49-75(81)77-51-30-57-87(90(77)95)97(71-42-19-6-20-43-71,72-44-21-7-22-45-72)73-46-23-8-24-47-73/h1-63H. The molecule has 0 bridgehead atoms. The number of nitrogens with zero attached hydrogens (tertiary/aromatic N) is 4. The second-order valence-corrected chi connectivity index (χ2v) is 33.3. The molecular weight excluding hydrogens is 1200 g/mol. The zero-order valence-corrected chi connectivity index (χ0v) is 55.2. The van der Waals surface area contributed by atoms with Gasteiger partial charge in [-0.25, -0.2) is 0 Å².